The molecule has 2 rings (SSSR count). The number of aromatic nitrogens is 1. The molecule has 0 aromatic carbocycles. The Morgan fingerprint density at radius 2 is 2.05 bits per heavy atom. The van der Waals surface area contributed by atoms with Crippen molar-refractivity contribution in [3.63, 3.8) is 0 Å². The van der Waals surface area contributed by atoms with Gasteiger partial charge in [-0.05, 0) is 31.7 Å². The second-order valence-electron chi connectivity index (χ2n) is 5.46. The lowest BCUT2D eigenvalue weighted by molar-refractivity contribution is 0.121. The highest BCUT2D eigenvalue weighted by Crippen LogP contribution is 2.25. The van der Waals surface area contributed by atoms with E-state index in [4.69, 9.17) is 10.5 Å². The summed E-state index contributed by atoms with van der Waals surface area (Å²) in [5.41, 5.74) is 6.52. The second kappa shape index (κ2) is 6.91. The largest absolute Gasteiger partial charge is 0.384 e. The van der Waals surface area contributed by atoms with Crippen molar-refractivity contribution in [1.82, 2.24) is 8.87 Å². The maximum absolute atomic E-state index is 12.7. The van der Waals surface area contributed by atoms with E-state index in [1.165, 1.54) is 0 Å². The molecule has 1 saturated heterocycles. The molecule has 0 spiro atoms. The Kier molecular flexibility index (Phi) is 5.43. The highest BCUT2D eigenvalue weighted by molar-refractivity contribution is 7.89. The van der Waals surface area contributed by atoms with Crippen molar-refractivity contribution in [2.75, 3.05) is 26.8 Å². The van der Waals surface area contributed by atoms with E-state index in [1.54, 1.807) is 23.7 Å². The van der Waals surface area contributed by atoms with Crippen molar-refractivity contribution in [3.05, 3.63) is 18.0 Å². The van der Waals surface area contributed by atoms with E-state index < -0.39 is 10.0 Å². The summed E-state index contributed by atoms with van der Waals surface area (Å²) in [6.07, 6.45) is 3.40. The van der Waals surface area contributed by atoms with Crippen LogP contribution in [-0.2, 0) is 27.8 Å². The first-order valence-electron chi connectivity index (χ1n) is 7.41. The number of ether oxygens (including phenoxy) is 1. The van der Waals surface area contributed by atoms with Crippen molar-refractivity contribution >= 4 is 10.0 Å². The van der Waals surface area contributed by atoms with Crippen LogP contribution in [0.15, 0.2) is 17.2 Å². The van der Waals surface area contributed by atoms with Gasteiger partial charge >= 0.3 is 0 Å². The summed E-state index contributed by atoms with van der Waals surface area (Å²) in [6.45, 7) is 4.87. The number of nitrogens with zero attached hydrogens (tertiary/aromatic N) is 2. The average Bonchev–Trinajstić information content (AvgIpc) is 2.92. The Bertz CT molecular complexity index is 539. The standard InChI is InChI=1S/C14H25N3O3S/c1-3-16-10-14(8-13(16)9-15)21(18,19)17-6-4-12(5-7-17)11-20-2/h8,10,12H,3-7,9,11,15H2,1-2H3. The lowest BCUT2D eigenvalue weighted by Crippen LogP contribution is -2.39. The number of hydrogen-bond acceptors (Lipinski definition) is 4. The van der Waals surface area contributed by atoms with Crippen LogP contribution < -0.4 is 5.73 Å². The van der Waals surface area contributed by atoms with Crippen LogP contribution in [0.5, 0.6) is 0 Å². The van der Waals surface area contributed by atoms with E-state index in [0.717, 1.165) is 25.1 Å². The Hall–Kier alpha value is -0.890. The zero-order chi connectivity index (χ0) is 15.5. The van der Waals surface area contributed by atoms with Crippen molar-refractivity contribution in [2.45, 2.75) is 37.8 Å². The molecule has 1 fully saturated rings. The number of sulfonamides is 1. The van der Waals surface area contributed by atoms with Gasteiger partial charge < -0.3 is 15.0 Å². The number of rotatable bonds is 6. The van der Waals surface area contributed by atoms with E-state index in [9.17, 15) is 8.42 Å². The van der Waals surface area contributed by atoms with Gasteiger partial charge in [-0.1, -0.05) is 0 Å². The molecule has 0 radical (unpaired) electrons. The van der Waals surface area contributed by atoms with Gasteiger partial charge in [-0.25, -0.2) is 8.42 Å². The molecule has 1 aliphatic heterocycles. The van der Waals surface area contributed by atoms with Crippen molar-refractivity contribution in [1.29, 1.82) is 0 Å². The fraction of sp³-hybridized carbons (Fsp3) is 0.714. The van der Waals surface area contributed by atoms with Crippen LogP contribution in [0.3, 0.4) is 0 Å². The molecule has 0 bridgehead atoms. The topological polar surface area (TPSA) is 77.6 Å². The summed E-state index contributed by atoms with van der Waals surface area (Å²) in [4.78, 5) is 0.356. The normalized spacial score (nSPS) is 18.2. The Labute approximate surface area is 126 Å². The van der Waals surface area contributed by atoms with E-state index in [1.807, 2.05) is 11.5 Å². The molecule has 0 aliphatic carbocycles. The lowest BCUT2D eigenvalue weighted by Gasteiger charge is -2.30. The van der Waals surface area contributed by atoms with Crippen molar-refractivity contribution in [3.8, 4) is 0 Å². The quantitative estimate of drug-likeness (QED) is 0.850. The van der Waals surface area contributed by atoms with Gasteiger partial charge in [0.1, 0.15) is 4.90 Å². The highest BCUT2D eigenvalue weighted by Gasteiger charge is 2.30. The van der Waals surface area contributed by atoms with Crippen LogP contribution in [-0.4, -0.2) is 44.1 Å². The van der Waals surface area contributed by atoms with Gasteiger partial charge in [-0.15, -0.1) is 0 Å². The molecule has 6 nitrogen and oxygen atoms in total. The molecule has 1 aliphatic rings. The predicted octanol–water partition coefficient (Wildman–Crippen LogP) is 1.01. The molecule has 21 heavy (non-hydrogen) atoms. The molecule has 0 unspecified atom stereocenters. The molecule has 2 heterocycles. The van der Waals surface area contributed by atoms with Crippen molar-refractivity contribution in [2.24, 2.45) is 11.7 Å². The first-order chi connectivity index (χ1) is 10.0. The van der Waals surface area contributed by atoms with Crippen LogP contribution >= 0.6 is 0 Å². The van der Waals surface area contributed by atoms with E-state index in [-0.39, 0.29) is 0 Å². The zero-order valence-electron chi connectivity index (χ0n) is 12.8. The smallest absolute Gasteiger partial charge is 0.244 e. The molecule has 120 valence electrons. The maximum Gasteiger partial charge on any atom is 0.244 e. The third kappa shape index (κ3) is 3.48. The predicted molar refractivity (Wildman–Crippen MR) is 81.4 cm³/mol. The van der Waals surface area contributed by atoms with Crippen LogP contribution in [0.1, 0.15) is 25.5 Å². The summed E-state index contributed by atoms with van der Waals surface area (Å²) in [6, 6.07) is 1.69. The minimum Gasteiger partial charge on any atom is -0.384 e. The number of piperidine rings is 1. The molecule has 1 aromatic rings. The van der Waals surface area contributed by atoms with Gasteiger partial charge in [0.2, 0.25) is 10.0 Å². The molecule has 2 N–H and O–H groups in total. The van der Waals surface area contributed by atoms with Gasteiger partial charge in [0.05, 0.1) is 0 Å². The first-order valence-corrected chi connectivity index (χ1v) is 8.85. The van der Waals surface area contributed by atoms with Crippen LogP contribution in [0.25, 0.3) is 0 Å². The number of hydrogen-bond donors (Lipinski definition) is 1. The van der Waals surface area contributed by atoms with Gasteiger partial charge in [0.25, 0.3) is 0 Å². The highest BCUT2D eigenvalue weighted by atomic mass is 32.2. The van der Waals surface area contributed by atoms with Crippen LogP contribution in [0.2, 0.25) is 0 Å². The third-order valence-corrected chi connectivity index (χ3v) is 5.99. The monoisotopic (exact) mass is 315 g/mol. The molecular formula is C14H25N3O3S. The third-order valence-electron chi connectivity index (χ3n) is 4.12. The molecule has 1 aromatic heterocycles. The summed E-state index contributed by atoms with van der Waals surface area (Å²) in [7, 11) is -1.72. The fourth-order valence-electron chi connectivity index (χ4n) is 2.83. The molecular weight excluding hydrogens is 290 g/mol. The van der Waals surface area contributed by atoms with Gasteiger partial charge in [-0.2, -0.15) is 4.31 Å². The van der Waals surface area contributed by atoms with Gasteiger partial charge in [-0.3, -0.25) is 0 Å². The zero-order valence-corrected chi connectivity index (χ0v) is 13.6. The molecule has 0 atom stereocenters. The van der Waals surface area contributed by atoms with E-state index >= 15 is 0 Å². The minimum atomic E-state index is -3.41. The summed E-state index contributed by atoms with van der Waals surface area (Å²) in [5, 5.41) is 0. The summed E-state index contributed by atoms with van der Waals surface area (Å²) >= 11 is 0. The number of aryl methyl sites for hydroxylation is 1. The van der Waals surface area contributed by atoms with Gasteiger partial charge in [0.15, 0.2) is 0 Å². The van der Waals surface area contributed by atoms with Crippen LogP contribution in [0, 0.1) is 5.92 Å². The van der Waals surface area contributed by atoms with Crippen molar-refractivity contribution < 1.29 is 13.2 Å². The van der Waals surface area contributed by atoms with E-state index in [2.05, 4.69) is 0 Å². The summed E-state index contributed by atoms with van der Waals surface area (Å²) < 4.78 is 34.0. The Balaban J connectivity index is 2.13. The summed E-state index contributed by atoms with van der Waals surface area (Å²) in [5.74, 6) is 0.460. The fourth-order valence-corrected chi connectivity index (χ4v) is 4.37. The number of methoxy groups -OCH3 is 1. The maximum atomic E-state index is 12.7. The lowest BCUT2D eigenvalue weighted by atomic mass is 9.99. The Morgan fingerprint density at radius 3 is 2.52 bits per heavy atom. The average molecular weight is 315 g/mol. The van der Waals surface area contributed by atoms with Gasteiger partial charge in [0, 0.05) is 51.8 Å². The second-order valence-corrected chi connectivity index (χ2v) is 7.40. The first kappa shape index (κ1) is 16.5. The number of nitrogens with two attached hydrogens (primary N) is 1. The Morgan fingerprint density at radius 1 is 1.38 bits per heavy atom. The van der Waals surface area contributed by atoms with Crippen LogP contribution in [0.4, 0.5) is 0 Å². The molecule has 0 amide bonds. The molecule has 0 saturated carbocycles. The SMILES string of the molecule is CCn1cc(S(=O)(=O)N2CCC(COC)CC2)cc1CN. The molecule has 7 heteroatoms. The van der Waals surface area contributed by atoms with E-state index in [0.29, 0.717) is 37.1 Å². The minimum absolute atomic E-state index is 0.347.